The van der Waals surface area contributed by atoms with Gasteiger partial charge in [-0.25, -0.2) is 18.3 Å². The van der Waals surface area contributed by atoms with Gasteiger partial charge < -0.3 is 5.73 Å². The highest BCUT2D eigenvalue weighted by molar-refractivity contribution is 5.79. The van der Waals surface area contributed by atoms with Crippen LogP contribution in [0.25, 0.3) is 28.0 Å². The summed E-state index contributed by atoms with van der Waals surface area (Å²) >= 11 is 0. The topological polar surface area (TPSA) is 74.0 Å². The highest BCUT2D eigenvalue weighted by atomic mass is 19.2. The molecule has 4 aromatic rings. The molecule has 4 rings (SSSR count). The van der Waals surface area contributed by atoms with Crippen LogP contribution in [-0.4, -0.2) is 24.4 Å². The first kappa shape index (κ1) is 15.4. The van der Waals surface area contributed by atoms with Gasteiger partial charge in [0, 0.05) is 36.5 Å². The standard InChI is InChI=1S/C17H14F2N6/c1-24-8-11(7-22-24)13-9-25-14(4-5-21-25)17(23-13)12-3-2-10(6-20)15(18)16(12)19/h2-5,7-9H,6,20H2,1H3. The van der Waals surface area contributed by atoms with E-state index in [0.29, 0.717) is 16.9 Å². The molecular formula is C17H14F2N6. The Balaban J connectivity index is 1.98. The molecule has 0 amide bonds. The number of hydrogen-bond acceptors (Lipinski definition) is 4. The summed E-state index contributed by atoms with van der Waals surface area (Å²) in [6.07, 6.45) is 6.74. The van der Waals surface area contributed by atoms with Crippen molar-refractivity contribution in [3.05, 3.63) is 60.2 Å². The van der Waals surface area contributed by atoms with Crippen molar-refractivity contribution in [2.24, 2.45) is 12.8 Å². The summed E-state index contributed by atoms with van der Waals surface area (Å²) in [4.78, 5) is 4.53. The van der Waals surface area contributed by atoms with Crippen LogP contribution in [0.1, 0.15) is 5.56 Å². The molecule has 3 heterocycles. The third-order valence-electron chi connectivity index (χ3n) is 4.03. The molecule has 0 bridgehead atoms. The van der Waals surface area contributed by atoms with Crippen molar-refractivity contribution in [2.75, 3.05) is 0 Å². The molecule has 6 nitrogen and oxygen atoms in total. The van der Waals surface area contributed by atoms with E-state index < -0.39 is 11.6 Å². The zero-order valence-electron chi connectivity index (χ0n) is 13.3. The molecule has 0 atom stereocenters. The molecule has 0 unspecified atom stereocenters. The fourth-order valence-corrected chi connectivity index (χ4v) is 2.75. The largest absolute Gasteiger partial charge is 0.326 e. The molecule has 3 aromatic heterocycles. The van der Waals surface area contributed by atoms with E-state index in [4.69, 9.17) is 5.73 Å². The van der Waals surface area contributed by atoms with E-state index in [1.54, 1.807) is 47.1 Å². The van der Waals surface area contributed by atoms with Gasteiger partial charge in [-0.2, -0.15) is 10.2 Å². The monoisotopic (exact) mass is 340 g/mol. The number of nitrogens with two attached hydrogens (primary N) is 1. The smallest absolute Gasteiger partial charge is 0.168 e. The fraction of sp³-hybridized carbons (Fsp3) is 0.118. The number of hydrogen-bond donors (Lipinski definition) is 1. The summed E-state index contributed by atoms with van der Waals surface area (Å²) in [5.74, 6) is -1.92. The predicted molar refractivity (Wildman–Crippen MR) is 88.4 cm³/mol. The number of aryl methyl sites for hydroxylation is 1. The van der Waals surface area contributed by atoms with E-state index in [-0.39, 0.29) is 17.7 Å². The molecule has 8 heteroatoms. The first-order valence-electron chi connectivity index (χ1n) is 7.59. The van der Waals surface area contributed by atoms with Gasteiger partial charge in [0.05, 0.1) is 35.5 Å². The lowest BCUT2D eigenvalue weighted by Crippen LogP contribution is -2.04. The van der Waals surface area contributed by atoms with Crippen LogP contribution in [0.15, 0.2) is 43.0 Å². The second kappa shape index (κ2) is 5.75. The molecule has 0 aliphatic carbocycles. The van der Waals surface area contributed by atoms with Crippen LogP contribution in [0.3, 0.4) is 0 Å². The number of benzene rings is 1. The van der Waals surface area contributed by atoms with Gasteiger partial charge in [-0.1, -0.05) is 6.07 Å². The van der Waals surface area contributed by atoms with E-state index in [0.717, 1.165) is 5.56 Å². The minimum absolute atomic E-state index is 0.0611. The lowest BCUT2D eigenvalue weighted by atomic mass is 10.1. The van der Waals surface area contributed by atoms with Gasteiger partial charge in [-0.15, -0.1) is 0 Å². The van der Waals surface area contributed by atoms with Crippen LogP contribution in [0.4, 0.5) is 8.78 Å². The number of halogens is 2. The fourth-order valence-electron chi connectivity index (χ4n) is 2.75. The van der Waals surface area contributed by atoms with Crippen molar-refractivity contribution < 1.29 is 8.78 Å². The SMILES string of the molecule is Cn1cc(-c2cn3nccc3c(-c3ccc(CN)c(F)c3F)n2)cn1. The van der Waals surface area contributed by atoms with E-state index in [2.05, 4.69) is 15.2 Å². The predicted octanol–water partition coefficient (Wildman–Crippen LogP) is 2.53. The Morgan fingerprint density at radius 3 is 2.64 bits per heavy atom. The second-order valence-electron chi connectivity index (χ2n) is 5.64. The molecule has 126 valence electrons. The van der Waals surface area contributed by atoms with Crippen molar-refractivity contribution >= 4 is 5.52 Å². The minimum Gasteiger partial charge on any atom is -0.326 e. The first-order valence-corrected chi connectivity index (χ1v) is 7.59. The molecule has 0 fully saturated rings. The van der Waals surface area contributed by atoms with E-state index in [9.17, 15) is 8.78 Å². The van der Waals surface area contributed by atoms with Crippen molar-refractivity contribution in [2.45, 2.75) is 6.54 Å². The van der Waals surface area contributed by atoms with Gasteiger partial charge in [0.15, 0.2) is 11.6 Å². The molecule has 0 radical (unpaired) electrons. The van der Waals surface area contributed by atoms with E-state index in [1.807, 2.05) is 0 Å². The van der Waals surface area contributed by atoms with Gasteiger partial charge in [0.25, 0.3) is 0 Å². The van der Waals surface area contributed by atoms with Gasteiger partial charge in [0.2, 0.25) is 0 Å². The summed E-state index contributed by atoms with van der Waals surface area (Å²) in [5, 5.41) is 8.31. The Hall–Kier alpha value is -3.13. The molecule has 1 aromatic carbocycles. The number of nitrogens with zero attached hydrogens (tertiary/aromatic N) is 5. The van der Waals surface area contributed by atoms with E-state index in [1.165, 1.54) is 12.1 Å². The summed E-state index contributed by atoms with van der Waals surface area (Å²) in [7, 11) is 1.79. The van der Waals surface area contributed by atoms with Gasteiger partial charge in [-0.05, 0) is 12.1 Å². The molecule has 2 N–H and O–H groups in total. The molecule has 0 aliphatic heterocycles. The highest BCUT2D eigenvalue weighted by Gasteiger charge is 2.19. The quantitative estimate of drug-likeness (QED) is 0.622. The van der Waals surface area contributed by atoms with Crippen LogP contribution >= 0.6 is 0 Å². The first-order chi connectivity index (χ1) is 12.1. The maximum atomic E-state index is 14.6. The van der Waals surface area contributed by atoms with Crippen LogP contribution in [0.2, 0.25) is 0 Å². The van der Waals surface area contributed by atoms with Crippen molar-refractivity contribution in [1.29, 1.82) is 0 Å². The Morgan fingerprint density at radius 2 is 1.92 bits per heavy atom. The van der Waals surface area contributed by atoms with Crippen molar-refractivity contribution in [1.82, 2.24) is 24.4 Å². The zero-order valence-corrected chi connectivity index (χ0v) is 13.3. The average molecular weight is 340 g/mol. The molecule has 0 spiro atoms. The van der Waals surface area contributed by atoms with Gasteiger partial charge >= 0.3 is 0 Å². The molecular weight excluding hydrogens is 326 g/mol. The maximum absolute atomic E-state index is 14.6. The Kier molecular flexibility index (Phi) is 3.54. The van der Waals surface area contributed by atoms with Gasteiger partial charge in [-0.3, -0.25) is 4.68 Å². The average Bonchev–Trinajstić information content (AvgIpc) is 3.25. The molecule has 0 aliphatic rings. The summed E-state index contributed by atoms with van der Waals surface area (Å²) in [6.45, 7) is -0.0751. The Bertz CT molecular complexity index is 1080. The number of aromatic nitrogens is 5. The Labute approximate surface area is 141 Å². The number of fused-ring (bicyclic) bond motifs is 1. The third-order valence-corrected chi connectivity index (χ3v) is 4.03. The summed E-state index contributed by atoms with van der Waals surface area (Å²) in [6, 6.07) is 4.66. The van der Waals surface area contributed by atoms with Crippen molar-refractivity contribution in [3.8, 4) is 22.5 Å². The third kappa shape index (κ3) is 2.47. The molecule has 0 saturated heterocycles. The van der Waals surface area contributed by atoms with Gasteiger partial charge in [0.1, 0.15) is 0 Å². The normalized spacial score (nSPS) is 11.4. The lowest BCUT2D eigenvalue weighted by molar-refractivity contribution is 0.501. The summed E-state index contributed by atoms with van der Waals surface area (Å²) < 4.78 is 32.0. The van der Waals surface area contributed by atoms with E-state index >= 15 is 0 Å². The maximum Gasteiger partial charge on any atom is 0.168 e. The van der Waals surface area contributed by atoms with Crippen LogP contribution in [0.5, 0.6) is 0 Å². The molecule has 25 heavy (non-hydrogen) atoms. The Morgan fingerprint density at radius 1 is 1.08 bits per heavy atom. The summed E-state index contributed by atoms with van der Waals surface area (Å²) in [5.41, 5.74) is 7.81. The minimum atomic E-state index is -0.970. The number of rotatable bonds is 3. The second-order valence-corrected chi connectivity index (χ2v) is 5.64. The lowest BCUT2D eigenvalue weighted by Gasteiger charge is -2.10. The van der Waals surface area contributed by atoms with Crippen molar-refractivity contribution in [3.63, 3.8) is 0 Å². The molecule has 0 saturated carbocycles. The van der Waals surface area contributed by atoms with Crippen LogP contribution in [0, 0.1) is 11.6 Å². The van der Waals surface area contributed by atoms with Crippen LogP contribution < -0.4 is 5.73 Å². The zero-order chi connectivity index (χ0) is 17.6. The van der Waals surface area contributed by atoms with Crippen LogP contribution in [-0.2, 0) is 13.6 Å². The highest BCUT2D eigenvalue weighted by Crippen LogP contribution is 2.30.